The fraction of sp³-hybridized carbons (Fsp3) is 0.517. The van der Waals surface area contributed by atoms with Crippen LogP contribution in [-0.2, 0) is 14.3 Å². The van der Waals surface area contributed by atoms with Crippen molar-refractivity contribution < 1.29 is 19.1 Å². The molecule has 0 saturated carbocycles. The summed E-state index contributed by atoms with van der Waals surface area (Å²) >= 11 is 0. The number of carbonyl (C=O) groups is 2. The molecular formula is C29H36N2O4. The van der Waals surface area contributed by atoms with Crippen LogP contribution in [-0.4, -0.2) is 73.2 Å². The Morgan fingerprint density at radius 1 is 0.943 bits per heavy atom. The molecule has 0 aromatic heterocycles. The molecule has 6 nitrogen and oxygen atoms in total. The molecule has 2 aliphatic heterocycles. The highest BCUT2D eigenvalue weighted by molar-refractivity contribution is 5.82. The molecule has 1 aliphatic carbocycles. The lowest BCUT2D eigenvalue weighted by molar-refractivity contribution is -0.131. The second-order valence-corrected chi connectivity index (χ2v) is 9.97. The number of nitrogens with zero attached hydrogens (tertiary/aromatic N) is 2. The second kappa shape index (κ2) is 10.5. The van der Waals surface area contributed by atoms with E-state index >= 15 is 0 Å². The van der Waals surface area contributed by atoms with E-state index in [1.165, 1.54) is 22.3 Å². The molecule has 5 rings (SSSR count). The molecule has 0 N–H and O–H groups in total. The number of benzene rings is 2. The highest BCUT2D eigenvalue weighted by Crippen LogP contribution is 2.44. The van der Waals surface area contributed by atoms with Crippen molar-refractivity contribution in [3.63, 3.8) is 0 Å². The van der Waals surface area contributed by atoms with Crippen LogP contribution in [0.1, 0.15) is 50.2 Å². The maximum absolute atomic E-state index is 13.3. The Kier molecular flexibility index (Phi) is 7.21. The molecule has 35 heavy (non-hydrogen) atoms. The molecule has 2 heterocycles. The van der Waals surface area contributed by atoms with Crippen molar-refractivity contribution >= 4 is 11.9 Å². The minimum atomic E-state index is -0.279. The minimum Gasteiger partial charge on any atom is -0.448 e. The van der Waals surface area contributed by atoms with E-state index in [9.17, 15) is 9.59 Å². The van der Waals surface area contributed by atoms with E-state index in [-0.39, 0.29) is 30.0 Å². The molecule has 0 radical (unpaired) electrons. The van der Waals surface area contributed by atoms with Crippen molar-refractivity contribution in [2.45, 2.75) is 51.1 Å². The molecular weight excluding hydrogens is 440 g/mol. The summed E-state index contributed by atoms with van der Waals surface area (Å²) in [6.07, 6.45) is 1.63. The standard InChI is InChI=1S/C29H36N2O4/c1-3-30(4-2)14-13-28(32)20-15-21-17-34-18-22(16-20)31(21)29(33)35-19-27-25-11-7-5-9-23(25)24-10-6-8-12-26(24)27/h5-12,20-22,27H,3-4,13-19H2,1-2H3. The number of ether oxygens (including phenoxy) is 2. The molecule has 2 fully saturated rings. The van der Waals surface area contributed by atoms with Crippen molar-refractivity contribution in [1.29, 1.82) is 0 Å². The van der Waals surface area contributed by atoms with Crippen LogP contribution in [0.3, 0.4) is 0 Å². The SMILES string of the molecule is CCN(CC)CCC(=O)C1CC2COCC(C1)N2C(=O)OCC1c2ccccc2-c2ccccc21. The highest BCUT2D eigenvalue weighted by atomic mass is 16.6. The van der Waals surface area contributed by atoms with Gasteiger partial charge in [-0.1, -0.05) is 62.4 Å². The summed E-state index contributed by atoms with van der Waals surface area (Å²) in [4.78, 5) is 30.4. The van der Waals surface area contributed by atoms with Gasteiger partial charge in [0.1, 0.15) is 12.4 Å². The molecule has 3 aliphatic rings. The molecule has 2 bridgehead atoms. The van der Waals surface area contributed by atoms with E-state index in [2.05, 4.69) is 55.1 Å². The van der Waals surface area contributed by atoms with Crippen LogP contribution in [0.5, 0.6) is 0 Å². The fourth-order valence-corrected chi connectivity index (χ4v) is 6.16. The number of ketones is 1. The largest absolute Gasteiger partial charge is 0.448 e. The van der Waals surface area contributed by atoms with Gasteiger partial charge >= 0.3 is 6.09 Å². The first-order chi connectivity index (χ1) is 17.1. The van der Waals surface area contributed by atoms with Crippen molar-refractivity contribution in [1.82, 2.24) is 9.80 Å². The predicted octanol–water partition coefficient (Wildman–Crippen LogP) is 4.72. The van der Waals surface area contributed by atoms with E-state index in [0.29, 0.717) is 44.9 Å². The molecule has 2 saturated heterocycles. The maximum Gasteiger partial charge on any atom is 0.410 e. The Labute approximate surface area is 208 Å². The van der Waals surface area contributed by atoms with Gasteiger partial charge in [0, 0.05) is 24.8 Å². The summed E-state index contributed by atoms with van der Waals surface area (Å²) < 4.78 is 11.7. The van der Waals surface area contributed by atoms with Gasteiger partial charge in [0.05, 0.1) is 25.3 Å². The van der Waals surface area contributed by atoms with Gasteiger partial charge in [-0.2, -0.15) is 0 Å². The van der Waals surface area contributed by atoms with Crippen LogP contribution in [0.15, 0.2) is 48.5 Å². The third kappa shape index (κ3) is 4.74. The van der Waals surface area contributed by atoms with Gasteiger partial charge in [0.25, 0.3) is 0 Å². The average molecular weight is 477 g/mol. The van der Waals surface area contributed by atoms with Gasteiger partial charge in [-0.15, -0.1) is 0 Å². The number of carbonyl (C=O) groups excluding carboxylic acids is 2. The third-order valence-corrected chi connectivity index (χ3v) is 8.09. The Morgan fingerprint density at radius 2 is 1.51 bits per heavy atom. The van der Waals surface area contributed by atoms with E-state index in [1.807, 2.05) is 17.0 Å². The zero-order valence-electron chi connectivity index (χ0n) is 20.8. The second-order valence-electron chi connectivity index (χ2n) is 9.97. The smallest absolute Gasteiger partial charge is 0.410 e. The first-order valence-corrected chi connectivity index (χ1v) is 13.1. The Balaban J connectivity index is 1.23. The first-order valence-electron chi connectivity index (χ1n) is 13.1. The number of hydrogen-bond donors (Lipinski definition) is 0. The molecule has 2 aromatic rings. The fourth-order valence-electron chi connectivity index (χ4n) is 6.16. The van der Waals surface area contributed by atoms with Crippen LogP contribution in [0.4, 0.5) is 4.79 Å². The number of amides is 1. The summed E-state index contributed by atoms with van der Waals surface area (Å²) in [5.74, 6) is 0.365. The molecule has 0 spiro atoms. The lowest BCUT2D eigenvalue weighted by atomic mass is 9.82. The summed E-state index contributed by atoms with van der Waals surface area (Å²) in [7, 11) is 0. The van der Waals surface area contributed by atoms with Crippen LogP contribution in [0.2, 0.25) is 0 Å². The van der Waals surface area contributed by atoms with Crippen molar-refractivity contribution in [2.75, 3.05) is 39.5 Å². The van der Waals surface area contributed by atoms with Crippen molar-refractivity contribution in [3.8, 4) is 11.1 Å². The van der Waals surface area contributed by atoms with E-state index in [4.69, 9.17) is 9.47 Å². The minimum absolute atomic E-state index is 0.00194. The normalized spacial score (nSPS) is 23.2. The zero-order valence-corrected chi connectivity index (χ0v) is 20.8. The van der Waals surface area contributed by atoms with Crippen LogP contribution < -0.4 is 0 Å². The maximum atomic E-state index is 13.3. The average Bonchev–Trinajstić information content (AvgIpc) is 3.20. The number of Topliss-reactive ketones (excluding diaryl/α,β-unsaturated/α-hetero) is 1. The van der Waals surface area contributed by atoms with Gasteiger partial charge < -0.3 is 14.4 Å². The van der Waals surface area contributed by atoms with Crippen molar-refractivity contribution in [2.24, 2.45) is 5.92 Å². The molecule has 2 unspecified atom stereocenters. The highest BCUT2D eigenvalue weighted by Gasteiger charge is 2.44. The van der Waals surface area contributed by atoms with Gasteiger partial charge in [-0.3, -0.25) is 9.69 Å². The van der Waals surface area contributed by atoms with Gasteiger partial charge in [0.2, 0.25) is 0 Å². The molecule has 186 valence electrons. The van der Waals surface area contributed by atoms with Gasteiger partial charge in [-0.05, 0) is 48.2 Å². The Bertz CT molecular complexity index is 1010. The molecule has 1 amide bonds. The predicted molar refractivity (Wildman–Crippen MR) is 135 cm³/mol. The van der Waals surface area contributed by atoms with E-state index < -0.39 is 0 Å². The summed E-state index contributed by atoms with van der Waals surface area (Å²) in [5.41, 5.74) is 4.86. The zero-order chi connectivity index (χ0) is 24.4. The lowest BCUT2D eigenvalue weighted by Crippen LogP contribution is -2.60. The molecule has 2 aromatic carbocycles. The summed E-state index contributed by atoms with van der Waals surface area (Å²) in [6.45, 7) is 8.25. The summed E-state index contributed by atoms with van der Waals surface area (Å²) in [6, 6.07) is 16.5. The van der Waals surface area contributed by atoms with Crippen LogP contribution >= 0.6 is 0 Å². The topological polar surface area (TPSA) is 59.1 Å². The van der Waals surface area contributed by atoms with Crippen molar-refractivity contribution in [3.05, 3.63) is 59.7 Å². The van der Waals surface area contributed by atoms with E-state index in [0.717, 1.165) is 19.6 Å². The summed E-state index contributed by atoms with van der Waals surface area (Å²) in [5, 5.41) is 0. The van der Waals surface area contributed by atoms with Crippen LogP contribution in [0.25, 0.3) is 11.1 Å². The monoisotopic (exact) mass is 476 g/mol. The molecule has 6 heteroatoms. The Morgan fingerprint density at radius 3 is 2.09 bits per heavy atom. The number of rotatable bonds is 8. The van der Waals surface area contributed by atoms with Crippen LogP contribution in [0, 0.1) is 5.92 Å². The third-order valence-electron chi connectivity index (χ3n) is 8.09. The van der Waals surface area contributed by atoms with Gasteiger partial charge in [0.15, 0.2) is 0 Å². The Hall–Kier alpha value is -2.70. The first kappa shape index (κ1) is 24.0. The quantitative estimate of drug-likeness (QED) is 0.552. The number of fused-ring (bicyclic) bond motifs is 5. The molecule has 2 atom stereocenters. The number of hydrogen-bond acceptors (Lipinski definition) is 5. The number of piperidine rings is 1. The number of morpholine rings is 1. The van der Waals surface area contributed by atoms with E-state index in [1.54, 1.807) is 0 Å². The van der Waals surface area contributed by atoms with Gasteiger partial charge in [-0.25, -0.2) is 4.79 Å². The lowest BCUT2D eigenvalue weighted by Gasteiger charge is -2.47.